The van der Waals surface area contributed by atoms with Crippen LogP contribution in [0.15, 0.2) is 60.8 Å². The van der Waals surface area contributed by atoms with E-state index in [0.29, 0.717) is 64.5 Å². The lowest BCUT2D eigenvalue weighted by atomic mass is 10.0. The van der Waals surface area contributed by atoms with Crippen LogP contribution in [0.1, 0.15) is 51.1 Å². The molecule has 0 radical (unpaired) electrons. The van der Waals surface area contributed by atoms with Crippen molar-refractivity contribution in [2.45, 2.75) is 25.3 Å². The standard InChI is InChI=1S/C35H33ClN6O5/c1-46-35(45)31-4-2-3-13-42(31)34(44)25-12-11-23(28(36)18-25)8-5-22-6-9-24(10-7-22)29-19-26(33(43)40-37)27-21-38-32(20-30(27)39-29)41-14-16-47-17-15-41/h6-7,9-12,18-21,31H,2-4,13-17,37H2,1H3,(H,40,43)/t31-/m0/s1. The molecule has 6 rings (SSSR count). The number of nitrogen functional groups attached to an aromatic ring is 1. The van der Waals surface area contributed by atoms with Crippen LogP contribution in [0.3, 0.4) is 0 Å². The number of esters is 1. The lowest BCUT2D eigenvalue weighted by Crippen LogP contribution is -2.48. The maximum absolute atomic E-state index is 13.2. The Bertz CT molecular complexity index is 1900. The number of rotatable bonds is 5. The molecule has 47 heavy (non-hydrogen) atoms. The Labute approximate surface area is 277 Å². The van der Waals surface area contributed by atoms with Crippen molar-refractivity contribution in [2.24, 2.45) is 5.84 Å². The zero-order valence-electron chi connectivity index (χ0n) is 25.8. The summed E-state index contributed by atoms with van der Waals surface area (Å²) in [4.78, 5) is 51.3. The van der Waals surface area contributed by atoms with E-state index in [1.54, 1.807) is 35.4 Å². The summed E-state index contributed by atoms with van der Waals surface area (Å²) in [5.41, 5.74) is 6.29. The summed E-state index contributed by atoms with van der Waals surface area (Å²) >= 11 is 6.54. The number of anilines is 1. The molecule has 2 saturated heterocycles. The third-order valence-electron chi connectivity index (χ3n) is 8.37. The van der Waals surface area contributed by atoms with Crippen LogP contribution in [0, 0.1) is 11.8 Å². The highest BCUT2D eigenvalue weighted by atomic mass is 35.5. The van der Waals surface area contributed by atoms with Crippen LogP contribution in [0.25, 0.3) is 22.2 Å². The highest BCUT2D eigenvalue weighted by Crippen LogP contribution is 2.28. The molecule has 12 heteroatoms. The number of amides is 2. The number of nitrogens with two attached hydrogens (primary N) is 1. The zero-order chi connectivity index (χ0) is 32.9. The van der Waals surface area contributed by atoms with Gasteiger partial charge in [-0.2, -0.15) is 0 Å². The summed E-state index contributed by atoms with van der Waals surface area (Å²) in [7, 11) is 1.33. The predicted octanol–water partition coefficient (Wildman–Crippen LogP) is 3.96. The summed E-state index contributed by atoms with van der Waals surface area (Å²) in [5, 5.41) is 0.934. The van der Waals surface area contributed by atoms with E-state index in [4.69, 9.17) is 31.9 Å². The maximum Gasteiger partial charge on any atom is 0.328 e. The average molecular weight is 653 g/mol. The number of piperidine rings is 1. The minimum atomic E-state index is -0.596. The smallest absolute Gasteiger partial charge is 0.328 e. The van der Waals surface area contributed by atoms with Crippen molar-refractivity contribution in [1.82, 2.24) is 20.3 Å². The van der Waals surface area contributed by atoms with Gasteiger partial charge in [0.1, 0.15) is 11.9 Å². The summed E-state index contributed by atoms with van der Waals surface area (Å²) in [5.74, 6) is 11.3. The number of aromatic nitrogens is 2. The number of benzene rings is 2. The van der Waals surface area contributed by atoms with Gasteiger partial charge >= 0.3 is 5.97 Å². The molecule has 0 unspecified atom stereocenters. The number of carbonyl (C=O) groups excluding carboxylic acids is 3. The second kappa shape index (κ2) is 14.2. The van der Waals surface area contributed by atoms with Gasteiger partial charge < -0.3 is 19.3 Å². The Morgan fingerprint density at radius 2 is 1.81 bits per heavy atom. The number of nitrogens with zero attached hydrogens (tertiary/aromatic N) is 4. The third-order valence-corrected chi connectivity index (χ3v) is 8.68. The van der Waals surface area contributed by atoms with Crippen molar-refractivity contribution < 1.29 is 23.9 Å². The minimum absolute atomic E-state index is 0.264. The number of halogens is 1. The van der Waals surface area contributed by atoms with Gasteiger partial charge in [-0.3, -0.25) is 15.0 Å². The summed E-state index contributed by atoms with van der Waals surface area (Å²) in [6.07, 6.45) is 3.91. The fourth-order valence-electron chi connectivity index (χ4n) is 5.82. The van der Waals surface area contributed by atoms with Gasteiger partial charge in [-0.15, -0.1) is 0 Å². The molecule has 4 heterocycles. The fraction of sp³-hybridized carbons (Fsp3) is 0.286. The maximum atomic E-state index is 13.2. The lowest BCUT2D eigenvalue weighted by Gasteiger charge is -2.33. The quantitative estimate of drug-likeness (QED) is 0.108. The molecule has 11 nitrogen and oxygen atoms in total. The normalized spacial score (nSPS) is 16.3. The number of hydrazine groups is 1. The molecule has 240 valence electrons. The molecule has 0 spiro atoms. The number of likely N-dealkylation sites (tertiary alicyclic amines) is 1. The number of morpholine rings is 1. The van der Waals surface area contributed by atoms with Crippen molar-refractivity contribution in [2.75, 3.05) is 44.9 Å². The van der Waals surface area contributed by atoms with E-state index < -0.39 is 17.9 Å². The molecule has 2 aliphatic rings. The highest BCUT2D eigenvalue weighted by Gasteiger charge is 2.33. The van der Waals surface area contributed by atoms with Gasteiger partial charge in [-0.05, 0) is 55.7 Å². The van der Waals surface area contributed by atoms with Crippen LogP contribution in [-0.4, -0.2) is 78.7 Å². The van der Waals surface area contributed by atoms with E-state index in [0.717, 1.165) is 42.9 Å². The Morgan fingerprint density at radius 1 is 1.02 bits per heavy atom. The second-order valence-electron chi connectivity index (χ2n) is 11.2. The number of carbonyl (C=O) groups is 3. The van der Waals surface area contributed by atoms with Gasteiger partial charge in [0.2, 0.25) is 0 Å². The first-order chi connectivity index (χ1) is 22.9. The van der Waals surface area contributed by atoms with Crippen LogP contribution in [-0.2, 0) is 14.3 Å². The number of hydrogen-bond donors (Lipinski definition) is 2. The Morgan fingerprint density at radius 3 is 2.53 bits per heavy atom. The molecule has 0 saturated carbocycles. The number of hydrogen-bond acceptors (Lipinski definition) is 9. The van der Waals surface area contributed by atoms with E-state index in [1.807, 2.05) is 30.3 Å². The van der Waals surface area contributed by atoms with Crippen molar-refractivity contribution in [1.29, 1.82) is 0 Å². The van der Waals surface area contributed by atoms with Gasteiger partial charge in [0, 0.05) is 59.5 Å². The van der Waals surface area contributed by atoms with Crippen LogP contribution >= 0.6 is 11.6 Å². The predicted molar refractivity (Wildman–Crippen MR) is 178 cm³/mol. The highest BCUT2D eigenvalue weighted by molar-refractivity contribution is 6.32. The molecular weight excluding hydrogens is 620 g/mol. The van der Waals surface area contributed by atoms with Crippen molar-refractivity contribution in [3.05, 3.63) is 88.1 Å². The van der Waals surface area contributed by atoms with E-state index in [9.17, 15) is 14.4 Å². The Kier molecular flexibility index (Phi) is 9.63. The van der Waals surface area contributed by atoms with Crippen molar-refractivity contribution in [3.8, 4) is 23.1 Å². The van der Waals surface area contributed by atoms with Crippen molar-refractivity contribution >= 4 is 46.1 Å². The first-order valence-corrected chi connectivity index (χ1v) is 15.7. The van der Waals surface area contributed by atoms with Gasteiger partial charge in [0.15, 0.2) is 0 Å². The fourth-order valence-corrected chi connectivity index (χ4v) is 6.05. The monoisotopic (exact) mass is 652 g/mol. The molecule has 4 aromatic rings. The molecule has 0 bridgehead atoms. The lowest BCUT2D eigenvalue weighted by molar-refractivity contribution is -0.147. The Balaban J connectivity index is 1.23. The van der Waals surface area contributed by atoms with E-state index in [2.05, 4.69) is 27.2 Å². The molecule has 0 aliphatic carbocycles. The number of nitrogens with one attached hydrogen (secondary N) is 1. The first kappa shape index (κ1) is 31.9. The van der Waals surface area contributed by atoms with Gasteiger partial charge in [0.05, 0.1) is 42.1 Å². The van der Waals surface area contributed by atoms with Gasteiger partial charge in [-0.1, -0.05) is 35.6 Å². The number of ether oxygens (including phenoxy) is 2. The molecule has 2 aromatic carbocycles. The van der Waals surface area contributed by atoms with Crippen LogP contribution in [0.2, 0.25) is 5.02 Å². The number of fused-ring (bicyclic) bond motifs is 1. The molecular formula is C35H33ClN6O5. The third kappa shape index (κ3) is 6.90. The largest absolute Gasteiger partial charge is 0.467 e. The first-order valence-electron chi connectivity index (χ1n) is 15.3. The number of methoxy groups -OCH3 is 1. The summed E-state index contributed by atoms with van der Waals surface area (Å²) in [6, 6.07) is 15.4. The molecule has 2 amide bonds. The molecule has 3 N–H and O–H groups in total. The van der Waals surface area contributed by atoms with Crippen LogP contribution in [0.5, 0.6) is 0 Å². The van der Waals surface area contributed by atoms with E-state index >= 15 is 0 Å². The summed E-state index contributed by atoms with van der Waals surface area (Å²) in [6.45, 7) is 3.17. The van der Waals surface area contributed by atoms with Crippen LogP contribution < -0.4 is 16.2 Å². The molecule has 2 fully saturated rings. The number of pyridine rings is 2. The van der Waals surface area contributed by atoms with Gasteiger partial charge in [-0.25, -0.2) is 20.6 Å². The zero-order valence-corrected chi connectivity index (χ0v) is 26.5. The second-order valence-corrected chi connectivity index (χ2v) is 11.7. The van der Waals surface area contributed by atoms with Crippen LogP contribution in [0.4, 0.5) is 5.82 Å². The van der Waals surface area contributed by atoms with E-state index in [1.165, 1.54) is 7.11 Å². The van der Waals surface area contributed by atoms with Gasteiger partial charge in [0.25, 0.3) is 11.8 Å². The molecule has 1 atom stereocenters. The average Bonchev–Trinajstić information content (AvgIpc) is 3.13. The topological polar surface area (TPSA) is 140 Å². The minimum Gasteiger partial charge on any atom is -0.467 e. The SMILES string of the molecule is COC(=O)[C@@H]1CCCCN1C(=O)c1ccc(C#Cc2ccc(-c3cc(C(=O)NN)c4cnc(N5CCOCC5)cc4n3)cc2)c(Cl)c1. The van der Waals surface area contributed by atoms with Crippen molar-refractivity contribution in [3.63, 3.8) is 0 Å². The van der Waals surface area contributed by atoms with E-state index in [-0.39, 0.29) is 5.91 Å². The molecule has 2 aromatic heterocycles. The molecule has 2 aliphatic heterocycles. The summed E-state index contributed by atoms with van der Waals surface area (Å²) < 4.78 is 10.4. The Hall–Kier alpha value is -5.02.